The van der Waals surface area contributed by atoms with Crippen LogP contribution in [0.2, 0.25) is 0 Å². The van der Waals surface area contributed by atoms with Crippen LogP contribution in [-0.4, -0.2) is 9.55 Å². The number of aromatic nitrogens is 2. The Hall–Kier alpha value is -3.06. The van der Waals surface area contributed by atoms with Gasteiger partial charge < -0.3 is 9.30 Å². The lowest BCUT2D eigenvalue weighted by molar-refractivity contribution is 0.476. The maximum Gasteiger partial charge on any atom is 0.145 e. The van der Waals surface area contributed by atoms with E-state index in [1.165, 1.54) is 0 Å². The van der Waals surface area contributed by atoms with Crippen molar-refractivity contribution in [1.82, 2.24) is 9.55 Å². The molecule has 0 saturated carbocycles. The van der Waals surface area contributed by atoms with E-state index in [4.69, 9.17) is 4.74 Å². The number of benzene rings is 2. The Morgan fingerprint density at radius 3 is 2.78 bits per heavy atom. The second-order valence-electron chi connectivity index (χ2n) is 5.48. The SMILES string of the molecule is Cc1cccc(Oc2cc(Cn3ccnc3)ccc2C#N)c1C. The van der Waals surface area contributed by atoms with Crippen LogP contribution >= 0.6 is 0 Å². The van der Waals surface area contributed by atoms with Crippen LogP contribution in [-0.2, 0) is 6.54 Å². The molecule has 2 aromatic carbocycles. The first-order chi connectivity index (χ1) is 11.2. The molecule has 1 heterocycles. The summed E-state index contributed by atoms with van der Waals surface area (Å²) in [5.41, 5.74) is 3.83. The van der Waals surface area contributed by atoms with E-state index in [-0.39, 0.29) is 0 Å². The van der Waals surface area contributed by atoms with E-state index < -0.39 is 0 Å². The number of aryl methyl sites for hydroxylation is 1. The van der Waals surface area contributed by atoms with Crippen molar-refractivity contribution in [2.45, 2.75) is 20.4 Å². The molecule has 0 saturated heterocycles. The summed E-state index contributed by atoms with van der Waals surface area (Å²) in [4.78, 5) is 4.04. The van der Waals surface area contributed by atoms with E-state index >= 15 is 0 Å². The molecule has 0 N–H and O–H groups in total. The number of imidazole rings is 1. The van der Waals surface area contributed by atoms with Crippen molar-refractivity contribution in [2.75, 3.05) is 0 Å². The summed E-state index contributed by atoms with van der Waals surface area (Å²) in [7, 11) is 0. The van der Waals surface area contributed by atoms with Gasteiger partial charge in [-0.3, -0.25) is 0 Å². The maximum atomic E-state index is 9.32. The van der Waals surface area contributed by atoms with Gasteiger partial charge in [0.1, 0.15) is 17.6 Å². The standard InChI is InChI=1S/C19H17N3O/c1-14-4-3-5-18(15(14)2)23-19-10-16(6-7-17(19)11-20)12-22-9-8-21-13-22/h3-10,13H,12H2,1-2H3. The van der Waals surface area contributed by atoms with Gasteiger partial charge in [-0.25, -0.2) is 4.98 Å². The average Bonchev–Trinajstić information content (AvgIpc) is 3.05. The first kappa shape index (κ1) is 14.9. The van der Waals surface area contributed by atoms with Crippen molar-refractivity contribution in [3.8, 4) is 17.6 Å². The maximum absolute atomic E-state index is 9.32. The molecule has 114 valence electrons. The van der Waals surface area contributed by atoms with Crippen LogP contribution in [0.1, 0.15) is 22.3 Å². The molecule has 0 aliphatic carbocycles. The topological polar surface area (TPSA) is 50.8 Å². The van der Waals surface area contributed by atoms with Crippen LogP contribution in [0.4, 0.5) is 0 Å². The third-order valence-electron chi connectivity index (χ3n) is 3.87. The summed E-state index contributed by atoms with van der Waals surface area (Å²) in [6, 6.07) is 13.8. The minimum Gasteiger partial charge on any atom is -0.456 e. The molecule has 23 heavy (non-hydrogen) atoms. The highest BCUT2D eigenvalue weighted by Crippen LogP contribution is 2.30. The fourth-order valence-corrected chi connectivity index (χ4v) is 2.39. The third-order valence-corrected chi connectivity index (χ3v) is 3.87. The summed E-state index contributed by atoms with van der Waals surface area (Å²) in [5.74, 6) is 1.36. The molecular formula is C19H17N3O. The number of nitrogens with zero attached hydrogens (tertiary/aromatic N) is 3. The third kappa shape index (κ3) is 3.24. The molecule has 1 aromatic heterocycles. The van der Waals surface area contributed by atoms with E-state index in [1.807, 2.05) is 54.9 Å². The molecule has 0 aliphatic heterocycles. The molecule has 0 aliphatic rings. The molecule has 3 rings (SSSR count). The second-order valence-corrected chi connectivity index (χ2v) is 5.48. The predicted molar refractivity (Wildman–Crippen MR) is 88.5 cm³/mol. The fraction of sp³-hybridized carbons (Fsp3) is 0.158. The molecule has 3 aromatic rings. The van der Waals surface area contributed by atoms with Crippen LogP contribution in [0, 0.1) is 25.2 Å². The summed E-state index contributed by atoms with van der Waals surface area (Å²) < 4.78 is 8.00. The lowest BCUT2D eigenvalue weighted by Crippen LogP contribution is -1.98. The molecule has 0 unspecified atom stereocenters. The summed E-state index contributed by atoms with van der Waals surface area (Å²) in [6.45, 7) is 4.75. The van der Waals surface area contributed by atoms with E-state index in [9.17, 15) is 5.26 Å². The number of nitriles is 1. The molecular weight excluding hydrogens is 286 g/mol. The minimum atomic E-state index is 0.528. The van der Waals surface area contributed by atoms with Gasteiger partial charge in [0.05, 0.1) is 11.9 Å². The quantitative estimate of drug-likeness (QED) is 0.725. The van der Waals surface area contributed by atoms with Gasteiger partial charge in [0.25, 0.3) is 0 Å². The van der Waals surface area contributed by atoms with Crippen molar-refractivity contribution in [3.63, 3.8) is 0 Å². The molecule has 0 amide bonds. The molecule has 0 bridgehead atoms. The molecule has 0 fully saturated rings. The molecule has 0 radical (unpaired) electrons. The smallest absolute Gasteiger partial charge is 0.145 e. The summed E-state index contributed by atoms with van der Waals surface area (Å²) in [5, 5.41) is 9.32. The Labute approximate surface area is 135 Å². The Balaban J connectivity index is 1.93. The van der Waals surface area contributed by atoms with E-state index in [0.29, 0.717) is 17.9 Å². The Morgan fingerprint density at radius 1 is 1.17 bits per heavy atom. The van der Waals surface area contributed by atoms with Crippen LogP contribution in [0.5, 0.6) is 11.5 Å². The van der Waals surface area contributed by atoms with Crippen LogP contribution in [0.15, 0.2) is 55.1 Å². The van der Waals surface area contributed by atoms with Crippen LogP contribution in [0.25, 0.3) is 0 Å². The second kappa shape index (κ2) is 6.37. The lowest BCUT2D eigenvalue weighted by atomic mass is 10.1. The van der Waals surface area contributed by atoms with Gasteiger partial charge in [-0.1, -0.05) is 18.2 Å². The zero-order chi connectivity index (χ0) is 16.2. The summed E-state index contributed by atoms with van der Waals surface area (Å²) in [6.07, 6.45) is 5.42. The van der Waals surface area contributed by atoms with Gasteiger partial charge in [0.15, 0.2) is 0 Å². The van der Waals surface area contributed by atoms with Gasteiger partial charge >= 0.3 is 0 Å². The number of rotatable bonds is 4. The molecule has 4 nitrogen and oxygen atoms in total. The van der Waals surface area contributed by atoms with Crippen molar-refractivity contribution >= 4 is 0 Å². The average molecular weight is 303 g/mol. The monoisotopic (exact) mass is 303 g/mol. The first-order valence-corrected chi connectivity index (χ1v) is 7.40. The van der Waals surface area contributed by atoms with Gasteiger partial charge in [0.2, 0.25) is 0 Å². The first-order valence-electron chi connectivity index (χ1n) is 7.40. The molecule has 0 atom stereocenters. The minimum absolute atomic E-state index is 0.528. The number of ether oxygens (including phenoxy) is 1. The number of hydrogen-bond acceptors (Lipinski definition) is 3. The largest absolute Gasteiger partial charge is 0.456 e. The summed E-state index contributed by atoms with van der Waals surface area (Å²) >= 11 is 0. The van der Waals surface area contributed by atoms with Gasteiger partial charge in [-0.05, 0) is 48.7 Å². The fourth-order valence-electron chi connectivity index (χ4n) is 2.39. The highest BCUT2D eigenvalue weighted by atomic mass is 16.5. The highest BCUT2D eigenvalue weighted by Gasteiger charge is 2.09. The van der Waals surface area contributed by atoms with Crippen molar-refractivity contribution < 1.29 is 4.74 Å². The Bertz CT molecular complexity index is 861. The van der Waals surface area contributed by atoms with Crippen LogP contribution in [0.3, 0.4) is 0 Å². The van der Waals surface area contributed by atoms with Gasteiger partial charge in [-0.15, -0.1) is 0 Å². The van der Waals surface area contributed by atoms with E-state index in [2.05, 4.69) is 11.1 Å². The van der Waals surface area contributed by atoms with Crippen molar-refractivity contribution in [2.24, 2.45) is 0 Å². The lowest BCUT2D eigenvalue weighted by Gasteiger charge is -2.13. The number of hydrogen-bond donors (Lipinski definition) is 0. The zero-order valence-corrected chi connectivity index (χ0v) is 13.2. The molecule has 0 spiro atoms. The normalized spacial score (nSPS) is 10.3. The van der Waals surface area contributed by atoms with Gasteiger partial charge in [-0.2, -0.15) is 5.26 Å². The van der Waals surface area contributed by atoms with Crippen molar-refractivity contribution in [3.05, 3.63) is 77.4 Å². The predicted octanol–water partition coefficient (Wildman–Crippen LogP) is 4.21. The zero-order valence-electron chi connectivity index (χ0n) is 13.2. The molecule has 4 heteroatoms. The Morgan fingerprint density at radius 2 is 2.04 bits per heavy atom. The van der Waals surface area contributed by atoms with Crippen molar-refractivity contribution in [1.29, 1.82) is 5.26 Å². The Kier molecular flexibility index (Phi) is 4.11. The van der Waals surface area contributed by atoms with Crippen LogP contribution < -0.4 is 4.74 Å². The van der Waals surface area contributed by atoms with Gasteiger partial charge in [0, 0.05) is 18.9 Å². The van der Waals surface area contributed by atoms with E-state index in [1.54, 1.807) is 18.6 Å². The highest BCUT2D eigenvalue weighted by molar-refractivity contribution is 5.49. The van der Waals surface area contributed by atoms with E-state index in [0.717, 1.165) is 22.4 Å².